The van der Waals surface area contributed by atoms with Crippen LogP contribution in [0.2, 0.25) is 5.02 Å². The van der Waals surface area contributed by atoms with Crippen molar-refractivity contribution < 1.29 is 0 Å². The molecule has 26 heavy (non-hydrogen) atoms. The number of hydrogen-bond acceptors (Lipinski definition) is 2. The lowest BCUT2D eigenvalue weighted by Gasteiger charge is -2.13. The van der Waals surface area contributed by atoms with Gasteiger partial charge in [-0.2, -0.15) is 5.10 Å². The number of halogens is 1. The van der Waals surface area contributed by atoms with Crippen LogP contribution in [-0.2, 0) is 13.0 Å². The number of nitrogens with one attached hydrogen (secondary N) is 2. The van der Waals surface area contributed by atoms with Crippen molar-refractivity contribution in [3.8, 4) is 5.69 Å². The smallest absolute Gasteiger partial charge is 0.191 e. The van der Waals surface area contributed by atoms with Gasteiger partial charge in [-0.05, 0) is 41.8 Å². The average molecular weight is 368 g/mol. The number of aromatic nitrogens is 2. The molecule has 0 amide bonds. The lowest BCUT2D eigenvalue weighted by Crippen LogP contribution is -2.37. The van der Waals surface area contributed by atoms with Crippen molar-refractivity contribution in [1.82, 2.24) is 20.4 Å². The molecule has 0 bridgehead atoms. The van der Waals surface area contributed by atoms with E-state index in [1.165, 1.54) is 0 Å². The normalized spacial score (nSPS) is 11.4. The Labute approximate surface area is 158 Å². The molecule has 0 aliphatic heterocycles. The second-order valence-electron chi connectivity index (χ2n) is 5.81. The SMILES string of the molecule is CN=C(NCCc1ccccc1Cl)NCc1cccc(-n2cccn2)c1. The highest BCUT2D eigenvalue weighted by molar-refractivity contribution is 6.31. The van der Waals surface area contributed by atoms with E-state index in [-0.39, 0.29) is 0 Å². The summed E-state index contributed by atoms with van der Waals surface area (Å²) in [5.41, 5.74) is 3.33. The highest BCUT2D eigenvalue weighted by Gasteiger charge is 2.02. The number of hydrogen-bond donors (Lipinski definition) is 2. The Morgan fingerprint density at radius 1 is 1.12 bits per heavy atom. The lowest BCUT2D eigenvalue weighted by atomic mass is 10.1. The largest absolute Gasteiger partial charge is 0.356 e. The third kappa shape index (κ3) is 4.86. The van der Waals surface area contributed by atoms with Crippen LogP contribution in [0.3, 0.4) is 0 Å². The number of benzene rings is 2. The zero-order valence-electron chi connectivity index (χ0n) is 14.7. The summed E-state index contributed by atoms with van der Waals surface area (Å²) < 4.78 is 1.85. The van der Waals surface area contributed by atoms with Crippen LogP contribution in [0.4, 0.5) is 0 Å². The minimum absolute atomic E-state index is 0.681. The minimum atomic E-state index is 0.681. The molecule has 0 spiro atoms. The van der Waals surface area contributed by atoms with Gasteiger partial charge in [0.05, 0.1) is 5.69 Å². The summed E-state index contributed by atoms with van der Waals surface area (Å²) in [6.07, 6.45) is 4.55. The monoisotopic (exact) mass is 367 g/mol. The molecule has 0 aliphatic carbocycles. The molecule has 2 N–H and O–H groups in total. The molecule has 2 aromatic carbocycles. The van der Waals surface area contributed by atoms with Gasteiger partial charge < -0.3 is 10.6 Å². The van der Waals surface area contributed by atoms with Gasteiger partial charge >= 0.3 is 0 Å². The van der Waals surface area contributed by atoms with Crippen LogP contribution in [0.15, 0.2) is 72.0 Å². The Kier molecular flexibility index (Phi) is 6.28. The Balaban J connectivity index is 1.51. The summed E-state index contributed by atoms with van der Waals surface area (Å²) in [5, 5.41) is 11.7. The van der Waals surface area contributed by atoms with Gasteiger partial charge in [-0.25, -0.2) is 4.68 Å². The van der Waals surface area contributed by atoms with Gasteiger partial charge in [0.15, 0.2) is 5.96 Å². The van der Waals surface area contributed by atoms with Gasteiger partial charge in [-0.3, -0.25) is 4.99 Å². The molecular formula is C20H22ClN5. The second-order valence-corrected chi connectivity index (χ2v) is 6.22. The molecule has 0 unspecified atom stereocenters. The first-order chi connectivity index (χ1) is 12.8. The van der Waals surface area contributed by atoms with E-state index in [0.29, 0.717) is 6.54 Å². The van der Waals surface area contributed by atoms with E-state index in [0.717, 1.165) is 40.8 Å². The fraction of sp³-hybridized carbons (Fsp3) is 0.200. The van der Waals surface area contributed by atoms with Gasteiger partial charge in [0, 0.05) is 37.6 Å². The molecule has 3 rings (SSSR count). The maximum atomic E-state index is 6.19. The molecule has 0 saturated carbocycles. The standard InChI is InChI=1S/C20H22ClN5/c1-22-20(23-12-10-17-7-2-3-9-19(17)21)24-15-16-6-4-8-18(14-16)26-13-5-11-25-26/h2-9,11,13-14H,10,12,15H2,1H3,(H2,22,23,24). The van der Waals surface area contributed by atoms with E-state index in [2.05, 4.69) is 32.9 Å². The van der Waals surface area contributed by atoms with Gasteiger partial charge in [0.1, 0.15) is 0 Å². The fourth-order valence-electron chi connectivity index (χ4n) is 2.65. The lowest BCUT2D eigenvalue weighted by molar-refractivity contribution is 0.793. The first-order valence-corrected chi connectivity index (χ1v) is 8.91. The molecule has 0 aliphatic rings. The second kappa shape index (κ2) is 9.06. The van der Waals surface area contributed by atoms with Crippen LogP contribution in [0.25, 0.3) is 5.69 Å². The third-order valence-corrected chi connectivity index (χ3v) is 4.38. The van der Waals surface area contributed by atoms with Crippen LogP contribution in [0.5, 0.6) is 0 Å². The van der Waals surface area contributed by atoms with E-state index in [1.807, 2.05) is 53.3 Å². The molecular weight excluding hydrogens is 346 g/mol. The topological polar surface area (TPSA) is 54.2 Å². The van der Waals surface area contributed by atoms with Gasteiger partial charge in [-0.15, -0.1) is 0 Å². The minimum Gasteiger partial charge on any atom is -0.356 e. The number of aliphatic imine (C=N–C) groups is 1. The summed E-state index contributed by atoms with van der Waals surface area (Å²) in [6, 6.07) is 18.1. The molecule has 1 heterocycles. The zero-order valence-corrected chi connectivity index (χ0v) is 15.4. The Morgan fingerprint density at radius 3 is 2.77 bits per heavy atom. The van der Waals surface area contributed by atoms with Gasteiger partial charge in [0.25, 0.3) is 0 Å². The van der Waals surface area contributed by atoms with Crippen molar-refractivity contribution in [3.05, 3.63) is 83.1 Å². The van der Waals surface area contributed by atoms with Gasteiger partial charge in [-0.1, -0.05) is 41.9 Å². The van der Waals surface area contributed by atoms with Crippen LogP contribution in [-0.4, -0.2) is 29.3 Å². The predicted molar refractivity (Wildman–Crippen MR) is 107 cm³/mol. The zero-order chi connectivity index (χ0) is 18.2. The van der Waals surface area contributed by atoms with Crippen LogP contribution in [0.1, 0.15) is 11.1 Å². The van der Waals surface area contributed by atoms with Crippen molar-refractivity contribution in [3.63, 3.8) is 0 Å². The van der Waals surface area contributed by atoms with Crippen molar-refractivity contribution in [1.29, 1.82) is 0 Å². The quantitative estimate of drug-likeness (QED) is 0.518. The molecule has 134 valence electrons. The van der Waals surface area contributed by atoms with Crippen LogP contribution >= 0.6 is 11.6 Å². The first-order valence-electron chi connectivity index (χ1n) is 8.53. The summed E-state index contributed by atoms with van der Waals surface area (Å²) >= 11 is 6.19. The van der Waals surface area contributed by atoms with Crippen LogP contribution < -0.4 is 10.6 Å². The number of nitrogens with zero attached hydrogens (tertiary/aromatic N) is 3. The summed E-state index contributed by atoms with van der Waals surface area (Å²) in [6.45, 7) is 1.44. The fourth-order valence-corrected chi connectivity index (χ4v) is 2.88. The van der Waals surface area contributed by atoms with Crippen molar-refractivity contribution in [2.45, 2.75) is 13.0 Å². The third-order valence-electron chi connectivity index (χ3n) is 4.01. The number of guanidine groups is 1. The predicted octanol–water partition coefficient (Wildman–Crippen LogP) is 3.43. The Bertz CT molecular complexity index is 858. The van der Waals surface area contributed by atoms with E-state index in [4.69, 9.17) is 11.6 Å². The number of rotatable bonds is 6. The van der Waals surface area contributed by atoms with Crippen molar-refractivity contribution in [2.75, 3.05) is 13.6 Å². The van der Waals surface area contributed by atoms with Crippen LogP contribution in [0, 0.1) is 0 Å². The van der Waals surface area contributed by atoms with E-state index >= 15 is 0 Å². The summed E-state index contributed by atoms with van der Waals surface area (Å²) in [7, 11) is 1.77. The Morgan fingerprint density at radius 2 is 2.00 bits per heavy atom. The van der Waals surface area contributed by atoms with Crippen molar-refractivity contribution in [2.24, 2.45) is 4.99 Å². The molecule has 0 atom stereocenters. The van der Waals surface area contributed by atoms with E-state index in [9.17, 15) is 0 Å². The molecule has 5 nitrogen and oxygen atoms in total. The maximum Gasteiger partial charge on any atom is 0.191 e. The molecule has 3 aromatic rings. The van der Waals surface area contributed by atoms with E-state index in [1.54, 1.807) is 13.2 Å². The Hall–Kier alpha value is -2.79. The summed E-state index contributed by atoms with van der Waals surface area (Å²) in [4.78, 5) is 4.27. The highest BCUT2D eigenvalue weighted by atomic mass is 35.5. The van der Waals surface area contributed by atoms with Gasteiger partial charge in [0.2, 0.25) is 0 Å². The van der Waals surface area contributed by atoms with E-state index < -0.39 is 0 Å². The molecule has 0 fully saturated rings. The maximum absolute atomic E-state index is 6.19. The average Bonchev–Trinajstić information content (AvgIpc) is 3.21. The van der Waals surface area contributed by atoms with Crippen molar-refractivity contribution >= 4 is 17.6 Å². The molecule has 6 heteroatoms. The molecule has 0 radical (unpaired) electrons. The highest BCUT2D eigenvalue weighted by Crippen LogP contribution is 2.14. The summed E-state index contributed by atoms with van der Waals surface area (Å²) in [5.74, 6) is 0.765. The first kappa shape index (κ1) is 18.0. The molecule has 1 aromatic heterocycles. The molecule has 0 saturated heterocycles.